The van der Waals surface area contributed by atoms with Gasteiger partial charge < -0.3 is 10.1 Å². The summed E-state index contributed by atoms with van der Waals surface area (Å²) in [5, 5.41) is 2.81. The summed E-state index contributed by atoms with van der Waals surface area (Å²) in [6.45, 7) is 4.77. The van der Waals surface area contributed by atoms with Gasteiger partial charge in [0.2, 0.25) is 10.0 Å². The fourth-order valence-corrected chi connectivity index (χ4v) is 5.10. The van der Waals surface area contributed by atoms with Crippen molar-refractivity contribution in [3.8, 4) is 5.75 Å². The lowest BCUT2D eigenvalue weighted by molar-refractivity contribution is 0.102. The molecular weight excluding hydrogens is 412 g/mol. The van der Waals surface area contributed by atoms with Crippen molar-refractivity contribution in [1.82, 2.24) is 4.31 Å². The minimum atomic E-state index is -3.55. The highest BCUT2D eigenvalue weighted by atomic mass is 32.2. The van der Waals surface area contributed by atoms with Gasteiger partial charge in [-0.05, 0) is 67.3 Å². The van der Waals surface area contributed by atoms with Gasteiger partial charge in [0, 0.05) is 24.3 Å². The van der Waals surface area contributed by atoms with Gasteiger partial charge in [-0.2, -0.15) is 4.31 Å². The van der Waals surface area contributed by atoms with Crippen LogP contribution >= 0.6 is 0 Å². The average molecular weight is 445 g/mol. The Labute approximate surface area is 185 Å². The van der Waals surface area contributed by atoms with E-state index in [1.807, 2.05) is 0 Å². The Balaban J connectivity index is 1.62. The normalized spacial score (nSPS) is 15.3. The third-order valence-corrected chi connectivity index (χ3v) is 7.50. The second-order valence-corrected chi connectivity index (χ2v) is 10.5. The monoisotopic (exact) mass is 444 g/mol. The number of carbonyl (C=O) groups is 1. The van der Waals surface area contributed by atoms with Crippen LogP contribution in [0.15, 0.2) is 53.4 Å². The molecule has 0 heterocycles. The van der Waals surface area contributed by atoms with Crippen molar-refractivity contribution in [2.75, 3.05) is 19.0 Å². The Kier molecular flexibility index (Phi) is 7.73. The molecule has 1 amide bonds. The van der Waals surface area contributed by atoms with Crippen LogP contribution in [0.3, 0.4) is 0 Å². The Morgan fingerprint density at radius 2 is 1.65 bits per heavy atom. The Morgan fingerprint density at radius 3 is 2.23 bits per heavy atom. The lowest BCUT2D eigenvalue weighted by Crippen LogP contribution is -2.38. The second kappa shape index (κ2) is 10.3. The molecule has 0 aliphatic heterocycles. The van der Waals surface area contributed by atoms with Gasteiger partial charge in [-0.3, -0.25) is 4.79 Å². The molecular formula is C24H32N2O4S. The van der Waals surface area contributed by atoms with Gasteiger partial charge in [0.15, 0.2) is 0 Å². The van der Waals surface area contributed by atoms with Crippen LogP contribution in [0, 0.1) is 5.92 Å². The highest BCUT2D eigenvalue weighted by Crippen LogP contribution is 2.27. The smallest absolute Gasteiger partial charge is 0.255 e. The van der Waals surface area contributed by atoms with Gasteiger partial charge in [0.25, 0.3) is 5.91 Å². The molecule has 1 fully saturated rings. The van der Waals surface area contributed by atoms with Crippen LogP contribution in [0.25, 0.3) is 0 Å². The number of anilines is 1. The van der Waals surface area contributed by atoms with Crippen molar-refractivity contribution in [3.63, 3.8) is 0 Å². The summed E-state index contributed by atoms with van der Waals surface area (Å²) in [4.78, 5) is 12.8. The number of hydrogen-bond acceptors (Lipinski definition) is 4. The van der Waals surface area contributed by atoms with Crippen LogP contribution in [0.2, 0.25) is 0 Å². The number of carbonyl (C=O) groups excluding carboxylic acids is 1. The zero-order valence-electron chi connectivity index (χ0n) is 18.5. The molecule has 2 aromatic carbocycles. The van der Waals surface area contributed by atoms with E-state index in [1.165, 1.54) is 10.7 Å². The maximum atomic E-state index is 12.9. The van der Waals surface area contributed by atoms with E-state index in [-0.39, 0.29) is 16.8 Å². The summed E-state index contributed by atoms with van der Waals surface area (Å²) >= 11 is 0. The van der Waals surface area contributed by atoms with Crippen molar-refractivity contribution in [2.45, 2.75) is 56.9 Å². The van der Waals surface area contributed by atoms with E-state index in [0.29, 0.717) is 23.8 Å². The van der Waals surface area contributed by atoms with Gasteiger partial charge in [-0.15, -0.1) is 0 Å². The fraction of sp³-hybridized carbons (Fsp3) is 0.458. The molecule has 31 heavy (non-hydrogen) atoms. The number of nitrogens with one attached hydrogen (secondary N) is 1. The van der Waals surface area contributed by atoms with Crippen molar-refractivity contribution in [2.24, 2.45) is 5.92 Å². The fourth-order valence-electron chi connectivity index (χ4n) is 3.69. The van der Waals surface area contributed by atoms with E-state index < -0.39 is 10.0 Å². The van der Waals surface area contributed by atoms with E-state index in [2.05, 4.69) is 19.2 Å². The number of amides is 1. The zero-order valence-corrected chi connectivity index (χ0v) is 19.3. The maximum absolute atomic E-state index is 12.9. The van der Waals surface area contributed by atoms with Crippen molar-refractivity contribution < 1.29 is 17.9 Å². The average Bonchev–Trinajstić information content (AvgIpc) is 2.78. The molecule has 1 saturated carbocycles. The number of rotatable bonds is 8. The number of ether oxygens (including phenoxy) is 1. The first kappa shape index (κ1) is 23.3. The third-order valence-electron chi connectivity index (χ3n) is 5.58. The predicted molar refractivity (Wildman–Crippen MR) is 123 cm³/mol. The van der Waals surface area contributed by atoms with Crippen LogP contribution < -0.4 is 10.1 Å². The minimum Gasteiger partial charge on any atom is -0.493 e. The molecule has 1 aliphatic rings. The van der Waals surface area contributed by atoms with E-state index in [9.17, 15) is 13.2 Å². The molecule has 0 unspecified atom stereocenters. The number of hydrogen-bond donors (Lipinski definition) is 1. The predicted octanol–water partition coefficient (Wildman–Crippen LogP) is 4.93. The molecule has 7 heteroatoms. The standard InChI is InChI=1S/C24H32N2O4S/c1-18(2)17-30-22-13-9-19(10-14-22)24(27)25-20-11-15-23(16-12-20)31(28,29)26(3)21-7-5-4-6-8-21/h9-16,18,21H,4-8,17H2,1-3H3,(H,25,27). The number of benzene rings is 2. The molecule has 6 nitrogen and oxygen atoms in total. The minimum absolute atomic E-state index is 0.0608. The van der Waals surface area contributed by atoms with Crippen LogP contribution in [0.4, 0.5) is 5.69 Å². The van der Waals surface area contributed by atoms with Gasteiger partial charge in [0.1, 0.15) is 5.75 Å². The SMILES string of the molecule is CC(C)COc1ccc(C(=O)Nc2ccc(S(=O)(=O)N(C)C3CCCCC3)cc2)cc1. The summed E-state index contributed by atoms with van der Waals surface area (Å²) in [5.41, 5.74) is 1.05. The van der Waals surface area contributed by atoms with Gasteiger partial charge in [0.05, 0.1) is 11.5 Å². The molecule has 1 N–H and O–H groups in total. The largest absolute Gasteiger partial charge is 0.493 e. The molecule has 0 aromatic heterocycles. The molecule has 3 rings (SSSR count). The first-order chi connectivity index (χ1) is 14.8. The molecule has 0 spiro atoms. The van der Waals surface area contributed by atoms with Gasteiger partial charge in [-0.25, -0.2) is 8.42 Å². The Hall–Kier alpha value is -2.38. The van der Waals surface area contributed by atoms with Crippen LogP contribution in [-0.2, 0) is 10.0 Å². The maximum Gasteiger partial charge on any atom is 0.255 e. The van der Waals surface area contributed by atoms with E-state index in [0.717, 1.165) is 31.4 Å². The highest BCUT2D eigenvalue weighted by Gasteiger charge is 2.28. The van der Waals surface area contributed by atoms with Gasteiger partial charge in [-0.1, -0.05) is 33.1 Å². The van der Waals surface area contributed by atoms with Crippen LogP contribution in [0.5, 0.6) is 5.75 Å². The number of nitrogens with zero attached hydrogens (tertiary/aromatic N) is 1. The lowest BCUT2D eigenvalue weighted by Gasteiger charge is -2.30. The van der Waals surface area contributed by atoms with Crippen molar-refractivity contribution in [3.05, 3.63) is 54.1 Å². The van der Waals surface area contributed by atoms with E-state index in [4.69, 9.17) is 4.74 Å². The Bertz CT molecular complexity index is 964. The first-order valence-corrected chi connectivity index (χ1v) is 12.3. The summed E-state index contributed by atoms with van der Waals surface area (Å²) < 4.78 is 33.0. The molecule has 168 valence electrons. The quantitative estimate of drug-likeness (QED) is 0.627. The molecule has 2 aromatic rings. The lowest BCUT2D eigenvalue weighted by atomic mass is 9.96. The van der Waals surface area contributed by atoms with E-state index >= 15 is 0 Å². The topological polar surface area (TPSA) is 75.7 Å². The van der Waals surface area contributed by atoms with Crippen LogP contribution in [-0.4, -0.2) is 38.3 Å². The number of sulfonamides is 1. The molecule has 0 atom stereocenters. The molecule has 0 radical (unpaired) electrons. The summed E-state index contributed by atoms with van der Waals surface area (Å²) in [6, 6.07) is 13.4. The summed E-state index contributed by atoms with van der Waals surface area (Å²) in [7, 11) is -1.88. The van der Waals surface area contributed by atoms with Gasteiger partial charge >= 0.3 is 0 Å². The van der Waals surface area contributed by atoms with Crippen molar-refractivity contribution >= 4 is 21.6 Å². The molecule has 0 saturated heterocycles. The zero-order chi connectivity index (χ0) is 22.4. The molecule has 0 bridgehead atoms. The third kappa shape index (κ3) is 6.08. The second-order valence-electron chi connectivity index (χ2n) is 8.52. The summed E-state index contributed by atoms with van der Waals surface area (Å²) in [6.07, 6.45) is 5.13. The van der Waals surface area contributed by atoms with Crippen LogP contribution in [0.1, 0.15) is 56.3 Å². The summed E-state index contributed by atoms with van der Waals surface area (Å²) in [5.74, 6) is 0.893. The highest BCUT2D eigenvalue weighted by molar-refractivity contribution is 7.89. The van der Waals surface area contributed by atoms with E-state index in [1.54, 1.807) is 55.6 Å². The molecule has 1 aliphatic carbocycles. The first-order valence-electron chi connectivity index (χ1n) is 10.9. The Morgan fingerprint density at radius 1 is 1.03 bits per heavy atom. The van der Waals surface area contributed by atoms with Crippen molar-refractivity contribution in [1.29, 1.82) is 0 Å².